The summed E-state index contributed by atoms with van der Waals surface area (Å²) in [5, 5.41) is 0. The van der Waals surface area contributed by atoms with E-state index in [0.29, 0.717) is 5.92 Å². The monoisotopic (exact) mass is 347 g/mol. The average Bonchev–Trinajstić information content (AvgIpc) is 2.60. The number of carbonyl (C=O) groups excluding carboxylic acids is 1. The van der Waals surface area contributed by atoms with Crippen LogP contribution >= 0.6 is 0 Å². The third-order valence-corrected chi connectivity index (χ3v) is 5.33. The van der Waals surface area contributed by atoms with Crippen LogP contribution in [0.3, 0.4) is 0 Å². The van der Waals surface area contributed by atoms with Gasteiger partial charge >= 0.3 is 5.97 Å². The van der Waals surface area contributed by atoms with Crippen molar-refractivity contribution < 1.29 is 17.9 Å². The number of para-hydroxylation sites is 1. The Morgan fingerprint density at radius 3 is 2.33 bits per heavy atom. The van der Waals surface area contributed by atoms with E-state index in [2.05, 4.69) is 23.3 Å². The summed E-state index contributed by atoms with van der Waals surface area (Å²) in [7, 11) is -2.53. The molecule has 0 bridgehead atoms. The van der Waals surface area contributed by atoms with Crippen molar-refractivity contribution >= 4 is 21.7 Å². The molecule has 1 N–H and O–H groups in total. The zero-order chi connectivity index (χ0) is 17.7. The maximum Gasteiger partial charge on any atom is 0.339 e. The number of hydrogen-bond acceptors (Lipinski definition) is 4. The normalized spacial score (nSPS) is 12.5. The molecule has 0 heterocycles. The Balaban J connectivity index is 2.31. The van der Waals surface area contributed by atoms with Gasteiger partial charge in [0.05, 0.1) is 23.3 Å². The minimum Gasteiger partial charge on any atom is -0.465 e. The Kier molecular flexibility index (Phi) is 5.62. The van der Waals surface area contributed by atoms with Gasteiger partial charge in [0.2, 0.25) is 0 Å². The SMILES string of the molecule is CCC(C)c1ccc(S(=O)(=O)Nc2ccccc2C(=O)OC)cc1. The van der Waals surface area contributed by atoms with Crippen molar-refractivity contribution in [2.24, 2.45) is 0 Å². The largest absolute Gasteiger partial charge is 0.465 e. The fraction of sp³-hybridized carbons (Fsp3) is 0.278. The average molecular weight is 347 g/mol. The molecule has 0 saturated heterocycles. The number of benzene rings is 2. The maximum absolute atomic E-state index is 12.6. The molecule has 0 aliphatic heterocycles. The van der Waals surface area contributed by atoms with Crippen LogP contribution in [0.15, 0.2) is 53.4 Å². The zero-order valence-electron chi connectivity index (χ0n) is 13.9. The second kappa shape index (κ2) is 7.49. The molecule has 0 aromatic heterocycles. The van der Waals surface area contributed by atoms with Crippen molar-refractivity contribution in [1.29, 1.82) is 0 Å². The highest BCUT2D eigenvalue weighted by molar-refractivity contribution is 7.92. The highest BCUT2D eigenvalue weighted by Gasteiger charge is 2.19. The summed E-state index contributed by atoms with van der Waals surface area (Å²) in [6.45, 7) is 4.18. The third-order valence-electron chi connectivity index (χ3n) is 3.95. The predicted octanol–water partition coefficient (Wildman–Crippen LogP) is 3.79. The Hall–Kier alpha value is -2.34. The van der Waals surface area contributed by atoms with Crippen LogP contribution in [0.5, 0.6) is 0 Å². The Labute approximate surface area is 142 Å². The molecule has 6 heteroatoms. The summed E-state index contributed by atoms with van der Waals surface area (Å²) in [4.78, 5) is 11.9. The lowest BCUT2D eigenvalue weighted by molar-refractivity contribution is 0.0602. The smallest absolute Gasteiger partial charge is 0.339 e. The van der Waals surface area contributed by atoms with Gasteiger partial charge in [0, 0.05) is 0 Å². The van der Waals surface area contributed by atoms with Crippen LogP contribution in [0.4, 0.5) is 5.69 Å². The molecule has 5 nitrogen and oxygen atoms in total. The molecule has 0 saturated carbocycles. The number of sulfonamides is 1. The van der Waals surface area contributed by atoms with Gasteiger partial charge in [-0.15, -0.1) is 0 Å². The highest BCUT2D eigenvalue weighted by Crippen LogP contribution is 2.23. The van der Waals surface area contributed by atoms with Gasteiger partial charge in [-0.2, -0.15) is 0 Å². The second-order valence-corrected chi connectivity index (χ2v) is 7.20. The molecule has 2 aromatic carbocycles. The lowest BCUT2D eigenvalue weighted by Crippen LogP contribution is -2.16. The lowest BCUT2D eigenvalue weighted by atomic mass is 9.99. The molecular formula is C18H21NO4S. The van der Waals surface area contributed by atoms with Crippen molar-refractivity contribution in [3.8, 4) is 0 Å². The molecule has 1 atom stereocenters. The maximum atomic E-state index is 12.6. The van der Waals surface area contributed by atoms with Crippen molar-refractivity contribution in [3.05, 3.63) is 59.7 Å². The number of carbonyl (C=O) groups is 1. The predicted molar refractivity (Wildman–Crippen MR) is 93.7 cm³/mol. The number of esters is 1. The number of methoxy groups -OCH3 is 1. The Morgan fingerprint density at radius 1 is 1.12 bits per heavy atom. The minimum atomic E-state index is -3.78. The van der Waals surface area contributed by atoms with E-state index >= 15 is 0 Å². The van der Waals surface area contributed by atoms with Crippen LogP contribution in [-0.4, -0.2) is 21.5 Å². The first-order chi connectivity index (χ1) is 11.4. The van der Waals surface area contributed by atoms with Crippen LogP contribution in [0, 0.1) is 0 Å². The van der Waals surface area contributed by atoms with Crippen molar-refractivity contribution in [2.75, 3.05) is 11.8 Å². The molecule has 0 aliphatic carbocycles. The first-order valence-electron chi connectivity index (χ1n) is 7.69. The number of nitrogens with one attached hydrogen (secondary N) is 1. The molecule has 1 unspecified atom stereocenters. The van der Waals surface area contributed by atoms with Gasteiger partial charge in [-0.05, 0) is 42.2 Å². The Bertz CT molecular complexity index is 813. The van der Waals surface area contributed by atoms with E-state index in [1.54, 1.807) is 24.3 Å². The molecule has 0 spiro atoms. The quantitative estimate of drug-likeness (QED) is 0.807. The number of ether oxygens (including phenoxy) is 1. The molecule has 2 aromatic rings. The minimum absolute atomic E-state index is 0.147. The van der Waals surface area contributed by atoms with Crippen LogP contribution in [0.2, 0.25) is 0 Å². The van der Waals surface area contributed by atoms with Crippen LogP contribution in [0.1, 0.15) is 42.1 Å². The summed E-state index contributed by atoms with van der Waals surface area (Å²) in [5.41, 5.74) is 1.45. The van der Waals surface area contributed by atoms with E-state index in [1.807, 2.05) is 12.1 Å². The molecule has 0 aliphatic rings. The first kappa shape index (κ1) is 18.0. The molecule has 128 valence electrons. The van der Waals surface area contributed by atoms with Gasteiger partial charge in [-0.3, -0.25) is 4.72 Å². The Morgan fingerprint density at radius 2 is 1.75 bits per heavy atom. The lowest BCUT2D eigenvalue weighted by Gasteiger charge is -2.13. The van der Waals surface area contributed by atoms with Gasteiger partial charge in [0.1, 0.15) is 0 Å². The van der Waals surface area contributed by atoms with Crippen molar-refractivity contribution in [2.45, 2.75) is 31.1 Å². The van der Waals surface area contributed by atoms with Gasteiger partial charge in [0.15, 0.2) is 0 Å². The summed E-state index contributed by atoms with van der Waals surface area (Å²) in [5.74, 6) is -0.227. The number of hydrogen-bond donors (Lipinski definition) is 1. The first-order valence-corrected chi connectivity index (χ1v) is 9.17. The van der Waals surface area contributed by atoms with E-state index in [9.17, 15) is 13.2 Å². The number of anilines is 1. The third kappa shape index (κ3) is 3.94. The topological polar surface area (TPSA) is 72.5 Å². The molecule has 0 amide bonds. The molecule has 2 rings (SSSR count). The summed E-state index contributed by atoms with van der Waals surface area (Å²) in [6.07, 6.45) is 0.983. The van der Waals surface area contributed by atoms with Gasteiger partial charge in [-0.1, -0.05) is 38.1 Å². The van der Waals surface area contributed by atoms with Crippen molar-refractivity contribution in [3.63, 3.8) is 0 Å². The summed E-state index contributed by atoms with van der Waals surface area (Å²) >= 11 is 0. The fourth-order valence-electron chi connectivity index (χ4n) is 2.27. The van der Waals surface area contributed by atoms with E-state index in [4.69, 9.17) is 0 Å². The van der Waals surface area contributed by atoms with E-state index < -0.39 is 16.0 Å². The highest BCUT2D eigenvalue weighted by atomic mass is 32.2. The van der Waals surface area contributed by atoms with Crippen LogP contribution in [-0.2, 0) is 14.8 Å². The van der Waals surface area contributed by atoms with Crippen LogP contribution in [0.25, 0.3) is 0 Å². The number of rotatable bonds is 6. The standard InChI is InChI=1S/C18H21NO4S/c1-4-13(2)14-9-11-15(12-10-14)24(21,22)19-17-8-6-5-7-16(17)18(20)23-3/h5-13,19H,4H2,1-3H3. The fourth-order valence-corrected chi connectivity index (χ4v) is 3.35. The molecule has 0 fully saturated rings. The van der Waals surface area contributed by atoms with E-state index in [1.165, 1.54) is 19.2 Å². The molecule has 0 radical (unpaired) electrons. The summed E-state index contributed by atoms with van der Waals surface area (Å²) < 4.78 is 32.2. The van der Waals surface area contributed by atoms with Gasteiger partial charge in [-0.25, -0.2) is 13.2 Å². The van der Waals surface area contributed by atoms with E-state index in [-0.39, 0.29) is 16.1 Å². The van der Waals surface area contributed by atoms with Gasteiger partial charge in [0.25, 0.3) is 10.0 Å². The van der Waals surface area contributed by atoms with Crippen molar-refractivity contribution in [1.82, 2.24) is 0 Å². The van der Waals surface area contributed by atoms with E-state index in [0.717, 1.165) is 12.0 Å². The molecule has 24 heavy (non-hydrogen) atoms. The second-order valence-electron chi connectivity index (χ2n) is 5.52. The van der Waals surface area contributed by atoms with Gasteiger partial charge < -0.3 is 4.74 Å². The van der Waals surface area contributed by atoms with Crippen LogP contribution < -0.4 is 4.72 Å². The zero-order valence-corrected chi connectivity index (χ0v) is 14.8. The summed E-state index contributed by atoms with van der Waals surface area (Å²) in [6, 6.07) is 13.1. The molecular weight excluding hydrogens is 326 g/mol.